The minimum absolute atomic E-state index is 0.0292. The van der Waals surface area contributed by atoms with Gasteiger partial charge in [0.05, 0.1) is 0 Å². The van der Waals surface area contributed by atoms with Crippen LogP contribution in [0.1, 0.15) is 19.3 Å². The third-order valence-corrected chi connectivity index (χ3v) is 5.84. The second-order valence-electron chi connectivity index (χ2n) is 5.77. The molecule has 1 spiro atoms. The average molecular weight is 359 g/mol. The van der Waals surface area contributed by atoms with Crippen LogP contribution in [-0.2, 0) is 14.8 Å². The number of nitrogens with one attached hydrogen (secondary N) is 3. The fourth-order valence-electron chi connectivity index (χ4n) is 3.00. The van der Waals surface area contributed by atoms with Crippen molar-refractivity contribution in [2.45, 2.75) is 29.7 Å². The monoisotopic (exact) mass is 358 g/mol. The van der Waals surface area contributed by atoms with Gasteiger partial charge in [-0.15, -0.1) is 0 Å². The van der Waals surface area contributed by atoms with Gasteiger partial charge in [-0.1, -0.05) is 11.6 Å². The Hall–Kier alpha value is -1.71. The second kappa shape index (κ2) is 5.73. The highest BCUT2D eigenvalue weighted by Crippen LogP contribution is 2.36. The first-order valence-corrected chi connectivity index (χ1v) is 8.92. The van der Waals surface area contributed by atoms with Crippen molar-refractivity contribution in [3.05, 3.63) is 23.5 Å². The molecule has 2 heterocycles. The Labute approximate surface area is 138 Å². The molecule has 2 atom stereocenters. The second-order valence-corrected chi connectivity index (χ2v) is 7.92. The van der Waals surface area contributed by atoms with Crippen LogP contribution in [0.3, 0.4) is 0 Å². The Bertz CT molecular complexity index is 752. The van der Waals surface area contributed by atoms with E-state index in [0.29, 0.717) is 19.3 Å². The minimum atomic E-state index is -3.68. The normalized spacial score (nSPS) is 27.3. The van der Waals surface area contributed by atoms with E-state index in [4.69, 9.17) is 11.6 Å². The molecule has 1 aliphatic carbocycles. The molecule has 3 rings (SSSR count). The van der Waals surface area contributed by atoms with Crippen molar-refractivity contribution in [1.82, 2.24) is 20.3 Å². The molecule has 0 bridgehead atoms. The van der Waals surface area contributed by atoms with Gasteiger partial charge in [-0.05, 0) is 37.3 Å². The zero-order chi connectivity index (χ0) is 16.7. The highest BCUT2D eigenvalue weighted by atomic mass is 35.5. The van der Waals surface area contributed by atoms with E-state index in [0.717, 1.165) is 0 Å². The zero-order valence-electron chi connectivity index (χ0n) is 12.0. The summed E-state index contributed by atoms with van der Waals surface area (Å²) in [5.41, 5.74) is -0.894. The number of amides is 3. The molecule has 3 N–H and O–H groups in total. The number of aromatic nitrogens is 1. The third kappa shape index (κ3) is 3.17. The Morgan fingerprint density at radius 2 is 2.17 bits per heavy atom. The van der Waals surface area contributed by atoms with Crippen LogP contribution in [0.4, 0.5) is 4.79 Å². The van der Waals surface area contributed by atoms with Gasteiger partial charge in [0.2, 0.25) is 10.0 Å². The molecule has 1 aromatic heterocycles. The van der Waals surface area contributed by atoms with E-state index < -0.39 is 21.6 Å². The molecule has 0 aromatic carbocycles. The van der Waals surface area contributed by atoms with Gasteiger partial charge in [0.15, 0.2) is 0 Å². The topological polar surface area (TPSA) is 117 Å². The quantitative estimate of drug-likeness (QED) is 0.531. The van der Waals surface area contributed by atoms with E-state index in [1.165, 1.54) is 18.3 Å². The summed E-state index contributed by atoms with van der Waals surface area (Å²) in [6.07, 6.45) is 2.74. The lowest BCUT2D eigenvalue weighted by atomic mass is 9.96. The number of hydrogen-bond donors (Lipinski definition) is 3. The van der Waals surface area contributed by atoms with Crippen LogP contribution in [0.25, 0.3) is 0 Å². The van der Waals surface area contributed by atoms with E-state index >= 15 is 0 Å². The Kier molecular flexibility index (Phi) is 4.03. The van der Waals surface area contributed by atoms with Crippen molar-refractivity contribution in [2.24, 2.45) is 5.92 Å². The molecule has 1 aromatic rings. The number of urea groups is 1. The van der Waals surface area contributed by atoms with E-state index in [-0.39, 0.29) is 28.4 Å². The number of pyridine rings is 1. The Morgan fingerprint density at radius 3 is 2.78 bits per heavy atom. The summed E-state index contributed by atoms with van der Waals surface area (Å²) in [5, 5.41) is 5.08. The molecule has 1 saturated carbocycles. The van der Waals surface area contributed by atoms with Crippen molar-refractivity contribution in [3.8, 4) is 0 Å². The number of carbonyl (C=O) groups is 2. The number of hydrogen-bond acceptors (Lipinski definition) is 5. The largest absolute Gasteiger partial charge is 0.323 e. The number of rotatable bonds is 4. The maximum atomic E-state index is 12.2. The molecule has 2 fully saturated rings. The molecule has 23 heavy (non-hydrogen) atoms. The summed E-state index contributed by atoms with van der Waals surface area (Å²) in [6, 6.07) is 2.28. The summed E-state index contributed by atoms with van der Waals surface area (Å²) in [7, 11) is -3.68. The maximum Gasteiger partial charge on any atom is 0.322 e. The lowest BCUT2D eigenvalue weighted by molar-refractivity contribution is -0.123. The molecule has 1 aliphatic heterocycles. The standard InChI is InChI=1S/C13H15ClN4O4S/c14-10-2-1-9(7-15-10)23(21,22)16-6-8-3-4-13(5-8)11(19)17-12(20)18-13/h1-2,7-8,16H,3-6H2,(H2,17,18,19,20). The molecule has 124 valence electrons. The third-order valence-electron chi connectivity index (χ3n) is 4.20. The molecular formula is C13H15ClN4O4S. The van der Waals surface area contributed by atoms with Crippen molar-refractivity contribution in [2.75, 3.05) is 6.54 Å². The van der Waals surface area contributed by atoms with Crippen LogP contribution >= 0.6 is 11.6 Å². The number of halogens is 1. The van der Waals surface area contributed by atoms with Crippen molar-refractivity contribution < 1.29 is 18.0 Å². The van der Waals surface area contributed by atoms with Crippen LogP contribution in [0.5, 0.6) is 0 Å². The van der Waals surface area contributed by atoms with Crippen molar-refractivity contribution in [1.29, 1.82) is 0 Å². The van der Waals surface area contributed by atoms with Crippen LogP contribution < -0.4 is 15.4 Å². The van der Waals surface area contributed by atoms with Crippen LogP contribution in [0, 0.1) is 5.92 Å². The van der Waals surface area contributed by atoms with Gasteiger partial charge in [-0.3, -0.25) is 10.1 Å². The SMILES string of the molecule is O=C1NC(=O)C2(CCC(CNS(=O)(=O)c3ccc(Cl)nc3)C2)N1. The first-order chi connectivity index (χ1) is 10.8. The van der Waals surface area contributed by atoms with Gasteiger partial charge in [0, 0.05) is 12.7 Å². The molecule has 2 unspecified atom stereocenters. The van der Waals surface area contributed by atoms with Gasteiger partial charge < -0.3 is 5.32 Å². The predicted octanol–water partition coefficient (Wildman–Crippen LogP) is 0.392. The predicted molar refractivity (Wildman–Crippen MR) is 81.2 cm³/mol. The van der Waals surface area contributed by atoms with Crippen LogP contribution in [0.2, 0.25) is 5.15 Å². The smallest absolute Gasteiger partial charge is 0.322 e. The number of sulfonamides is 1. The maximum absolute atomic E-state index is 12.2. The highest BCUT2D eigenvalue weighted by molar-refractivity contribution is 7.89. The fraction of sp³-hybridized carbons (Fsp3) is 0.462. The van der Waals surface area contributed by atoms with Crippen LogP contribution in [0.15, 0.2) is 23.2 Å². The molecule has 3 amide bonds. The molecule has 1 saturated heterocycles. The fourth-order valence-corrected chi connectivity index (χ4v) is 4.17. The zero-order valence-corrected chi connectivity index (χ0v) is 13.6. The van der Waals surface area contributed by atoms with E-state index in [1.54, 1.807) is 0 Å². The van der Waals surface area contributed by atoms with E-state index in [1.807, 2.05) is 0 Å². The van der Waals surface area contributed by atoms with E-state index in [9.17, 15) is 18.0 Å². The summed E-state index contributed by atoms with van der Waals surface area (Å²) in [4.78, 5) is 26.9. The Balaban J connectivity index is 1.62. The van der Waals surface area contributed by atoms with Gasteiger partial charge in [0.25, 0.3) is 5.91 Å². The lowest BCUT2D eigenvalue weighted by Crippen LogP contribution is -2.44. The van der Waals surface area contributed by atoms with Gasteiger partial charge in [-0.25, -0.2) is 22.9 Å². The first kappa shape index (κ1) is 16.2. The molecule has 2 aliphatic rings. The van der Waals surface area contributed by atoms with Crippen molar-refractivity contribution in [3.63, 3.8) is 0 Å². The molecule has 8 nitrogen and oxygen atoms in total. The van der Waals surface area contributed by atoms with Gasteiger partial charge in [-0.2, -0.15) is 0 Å². The van der Waals surface area contributed by atoms with E-state index in [2.05, 4.69) is 20.3 Å². The molecule has 10 heteroatoms. The van der Waals surface area contributed by atoms with Gasteiger partial charge in [0.1, 0.15) is 15.6 Å². The Morgan fingerprint density at radius 1 is 1.39 bits per heavy atom. The molecular weight excluding hydrogens is 344 g/mol. The van der Waals surface area contributed by atoms with Crippen molar-refractivity contribution >= 4 is 33.6 Å². The summed E-state index contributed by atoms with van der Waals surface area (Å²) in [5.74, 6) is -0.371. The summed E-state index contributed by atoms with van der Waals surface area (Å²) >= 11 is 5.64. The summed E-state index contributed by atoms with van der Waals surface area (Å²) in [6.45, 7) is 0.190. The average Bonchev–Trinajstić information content (AvgIpc) is 3.01. The first-order valence-electron chi connectivity index (χ1n) is 7.06. The minimum Gasteiger partial charge on any atom is -0.323 e. The van der Waals surface area contributed by atoms with Gasteiger partial charge >= 0.3 is 6.03 Å². The van der Waals surface area contributed by atoms with Crippen LogP contribution in [-0.4, -0.2) is 37.4 Å². The highest BCUT2D eigenvalue weighted by Gasteiger charge is 2.50. The number of carbonyl (C=O) groups excluding carboxylic acids is 2. The summed E-state index contributed by atoms with van der Waals surface area (Å²) < 4.78 is 26.9. The number of nitrogens with zero attached hydrogens (tertiary/aromatic N) is 1. The molecule has 0 radical (unpaired) electrons. The lowest BCUT2D eigenvalue weighted by Gasteiger charge is -2.19. The number of imide groups is 1.